The van der Waals surface area contributed by atoms with Crippen molar-refractivity contribution in [2.45, 2.75) is 46.6 Å². The molecule has 4 heteroatoms. The normalized spacial score (nSPS) is 24.6. The van der Waals surface area contributed by atoms with Gasteiger partial charge in [-0.2, -0.15) is 0 Å². The van der Waals surface area contributed by atoms with E-state index in [1.165, 1.54) is 0 Å². The Morgan fingerprint density at radius 1 is 1.59 bits per heavy atom. The van der Waals surface area contributed by atoms with Gasteiger partial charge in [-0.05, 0) is 19.9 Å². The number of hydrogen-bond donors (Lipinski definition) is 0. The molecule has 1 unspecified atom stereocenters. The monoisotopic (exact) mass is 239 g/mol. The summed E-state index contributed by atoms with van der Waals surface area (Å²) in [6.45, 7) is 10.1. The minimum Gasteiger partial charge on any atom is -0.463 e. The maximum Gasteiger partial charge on any atom is 0.357 e. The fourth-order valence-corrected chi connectivity index (χ4v) is 1.64. The van der Waals surface area contributed by atoms with E-state index in [1.54, 1.807) is 19.1 Å². The Bertz CT molecular complexity index is 352. The molecule has 0 aromatic carbocycles. The Hall–Kier alpha value is -1.32. The fraction of sp³-hybridized carbons (Fsp3) is 0.692. The summed E-state index contributed by atoms with van der Waals surface area (Å²) in [6, 6.07) is 0. The molecule has 0 amide bonds. The number of rotatable bonds is 3. The van der Waals surface area contributed by atoms with Gasteiger partial charge in [-0.15, -0.1) is 0 Å². The second-order valence-corrected chi connectivity index (χ2v) is 5.17. The Kier molecular flexibility index (Phi) is 3.96. The van der Waals surface area contributed by atoms with E-state index in [0.717, 1.165) is 5.71 Å². The predicted octanol–water partition coefficient (Wildman–Crippen LogP) is 2.69. The van der Waals surface area contributed by atoms with Gasteiger partial charge in [0.15, 0.2) is 0 Å². The van der Waals surface area contributed by atoms with Crippen LogP contribution in [0, 0.1) is 5.41 Å². The molecule has 17 heavy (non-hydrogen) atoms. The summed E-state index contributed by atoms with van der Waals surface area (Å²) in [5, 5.41) is 4.05. The number of ether oxygens (including phenoxy) is 1. The van der Waals surface area contributed by atoms with Crippen LogP contribution in [0.2, 0.25) is 0 Å². The molecule has 1 atom stereocenters. The van der Waals surface area contributed by atoms with E-state index >= 15 is 0 Å². The Balaban J connectivity index is 2.91. The van der Waals surface area contributed by atoms with Crippen molar-refractivity contribution in [2.24, 2.45) is 10.6 Å². The van der Waals surface area contributed by atoms with Crippen LogP contribution in [0.25, 0.3) is 0 Å². The van der Waals surface area contributed by atoms with Crippen LogP contribution in [-0.2, 0) is 14.4 Å². The number of carbonyl (C=O) groups is 1. The highest BCUT2D eigenvalue weighted by atomic mass is 16.7. The van der Waals surface area contributed by atoms with Crippen molar-refractivity contribution in [1.82, 2.24) is 0 Å². The van der Waals surface area contributed by atoms with E-state index in [0.29, 0.717) is 13.0 Å². The average molecular weight is 239 g/mol. The van der Waals surface area contributed by atoms with Gasteiger partial charge in [0, 0.05) is 11.8 Å². The Morgan fingerprint density at radius 3 is 2.65 bits per heavy atom. The van der Waals surface area contributed by atoms with Crippen LogP contribution < -0.4 is 0 Å². The van der Waals surface area contributed by atoms with Gasteiger partial charge in [0.2, 0.25) is 0 Å². The largest absolute Gasteiger partial charge is 0.463 e. The van der Waals surface area contributed by atoms with Gasteiger partial charge in [0.1, 0.15) is 0 Å². The molecule has 0 saturated carbocycles. The zero-order valence-electron chi connectivity index (χ0n) is 11.2. The van der Waals surface area contributed by atoms with E-state index in [9.17, 15) is 4.79 Å². The highest BCUT2D eigenvalue weighted by Crippen LogP contribution is 2.34. The molecule has 0 aromatic heterocycles. The van der Waals surface area contributed by atoms with E-state index in [-0.39, 0.29) is 11.4 Å². The number of oxime groups is 1. The van der Waals surface area contributed by atoms with E-state index in [1.807, 2.05) is 27.7 Å². The minimum absolute atomic E-state index is 0.101. The molecule has 1 aliphatic rings. The first-order valence-electron chi connectivity index (χ1n) is 5.92. The number of nitrogens with zero attached hydrogens (tertiary/aromatic N) is 1. The van der Waals surface area contributed by atoms with Crippen LogP contribution >= 0.6 is 0 Å². The minimum atomic E-state index is -1.06. The second kappa shape index (κ2) is 4.90. The lowest BCUT2D eigenvalue weighted by atomic mass is 9.83. The van der Waals surface area contributed by atoms with Gasteiger partial charge in [0.05, 0.1) is 12.3 Å². The third-order valence-corrected chi connectivity index (χ3v) is 2.67. The molecule has 0 bridgehead atoms. The van der Waals surface area contributed by atoms with E-state index < -0.39 is 5.60 Å². The summed E-state index contributed by atoms with van der Waals surface area (Å²) in [5.41, 5.74) is -0.285. The number of allylic oxidation sites excluding steroid dienone is 1. The molecular formula is C13H21NO3. The molecule has 0 saturated heterocycles. The SMILES string of the molecule is C/C=C/C1(C(=O)OCC)CC(C(C)(C)C)=NO1. The first-order chi connectivity index (χ1) is 7.85. The van der Waals surface area contributed by atoms with Gasteiger partial charge in [-0.1, -0.05) is 32.0 Å². The van der Waals surface area contributed by atoms with Crippen molar-refractivity contribution in [3.63, 3.8) is 0 Å². The van der Waals surface area contributed by atoms with Crippen molar-refractivity contribution in [3.8, 4) is 0 Å². The molecule has 0 aliphatic carbocycles. The van der Waals surface area contributed by atoms with Crippen molar-refractivity contribution in [1.29, 1.82) is 0 Å². The lowest BCUT2D eigenvalue weighted by Gasteiger charge is -2.22. The summed E-state index contributed by atoms with van der Waals surface area (Å²) in [5.74, 6) is -0.374. The molecule has 0 spiro atoms. The third kappa shape index (κ3) is 2.87. The fourth-order valence-electron chi connectivity index (χ4n) is 1.64. The lowest BCUT2D eigenvalue weighted by molar-refractivity contribution is -0.163. The molecule has 0 radical (unpaired) electrons. The predicted molar refractivity (Wildman–Crippen MR) is 66.8 cm³/mol. The molecule has 1 aliphatic heterocycles. The van der Waals surface area contributed by atoms with Crippen LogP contribution in [0.4, 0.5) is 0 Å². The van der Waals surface area contributed by atoms with Crippen molar-refractivity contribution >= 4 is 11.7 Å². The second-order valence-electron chi connectivity index (χ2n) is 5.17. The quantitative estimate of drug-likeness (QED) is 0.562. The summed E-state index contributed by atoms with van der Waals surface area (Å²) in [6.07, 6.45) is 3.96. The van der Waals surface area contributed by atoms with Gasteiger partial charge >= 0.3 is 5.97 Å². The molecular weight excluding hydrogens is 218 g/mol. The van der Waals surface area contributed by atoms with Crippen molar-refractivity contribution in [3.05, 3.63) is 12.2 Å². The van der Waals surface area contributed by atoms with Crippen LogP contribution in [0.3, 0.4) is 0 Å². The molecule has 1 rings (SSSR count). The molecule has 1 heterocycles. The molecule has 0 N–H and O–H groups in total. The summed E-state index contributed by atoms with van der Waals surface area (Å²) in [4.78, 5) is 17.3. The molecule has 0 aromatic rings. The number of carbonyl (C=O) groups excluding carboxylic acids is 1. The Morgan fingerprint density at radius 2 is 2.24 bits per heavy atom. The summed E-state index contributed by atoms with van der Waals surface area (Å²) < 4.78 is 5.05. The van der Waals surface area contributed by atoms with E-state index in [4.69, 9.17) is 9.57 Å². The van der Waals surface area contributed by atoms with Crippen molar-refractivity contribution < 1.29 is 14.4 Å². The average Bonchev–Trinajstić information content (AvgIpc) is 2.64. The van der Waals surface area contributed by atoms with E-state index in [2.05, 4.69) is 5.16 Å². The number of esters is 1. The maximum absolute atomic E-state index is 12.0. The van der Waals surface area contributed by atoms with Crippen LogP contribution in [0.1, 0.15) is 41.0 Å². The standard InChI is InChI=1S/C13H21NO3/c1-6-8-13(11(15)16-7-2)9-10(14-17-13)12(3,4)5/h6,8H,7,9H2,1-5H3/b8-6+. The van der Waals surface area contributed by atoms with Gasteiger partial charge < -0.3 is 9.57 Å². The first-order valence-corrected chi connectivity index (χ1v) is 5.92. The smallest absolute Gasteiger partial charge is 0.357 e. The Labute approximate surface area is 103 Å². The topological polar surface area (TPSA) is 47.9 Å². The highest BCUT2D eigenvalue weighted by molar-refractivity contribution is 5.97. The van der Waals surface area contributed by atoms with Crippen LogP contribution in [0.15, 0.2) is 17.3 Å². The van der Waals surface area contributed by atoms with Gasteiger partial charge in [-0.3, -0.25) is 0 Å². The number of hydrogen-bond acceptors (Lipinski definition) is 4. The maximum atomic E-state index is 12.0. The summed E-state index contributed by atoms with van der Waals surface area (Å²) >= 11 is 0. The van der Waals surface area contributed by atoms with Crippen molar-refractivity contribution in [2.75, 3.05) is 6.61 Å². The van der Waals surface area contributed by atoms with Crippen LogP contribution in [0.5, 0.6) is 0 Å². The third-order valence-electron chi connectivity index (χ3n) is 2.67. The molecule has 96 valence electrons. The highest BCUT2D eigenvalue weighted by Gasteiger charge is 2.47. The van der Waals surface area contributed by atoms with Gasteiger partial charge in [0.25, 0.3) is 5.60 Å². The molecule has 0 fully saturated rings. The van der Waals surface area contributed by atoms with Crippen LogP contribution in [-0.4, -0.2) is 23.9 Å². The summed E-state index contributed by atoms with van der Waals surface area (Å²) in [7, 11) is 0. The zero-order chi connectivity index (χ0) is 13.1. The lowest BCUT2D eigenvalue weighted by Crippen LogP contribution is -2.39. The zero-order valence-corrected chi connectivity index (χ0v) is 11.2. The first kappa shape index (κ1) is 13.7. The van der Waals surface area contributed by atoms with Gasteiger partial charge in [-0.25, -0.2) is 4.79 Å². The molecule has 4 nitrogen and oxygen atoms in total.